The standard InChI is InChI=1S/C11H17ClN2O3S/c1-4-17-11(2,3)8-14-18(15,16)9-5-6-10(12)13-7-9/h5-7,14H,4,8H2,1-3H3. The molecule has 0 atom stereocenters. The van der Waals surface area contributed by atoms with Gasteiger partial charge in [-0.1, -0.05) is 11.6 Å². The summed E-state index contributed by atoms with van der Waals surface area (Å²) in [6.07, 6.45) is 1.22. The van der Waals surface area contributed by atoms with Crippen LogP contribution in [0.3, 0.4) is 0 Å². The molecular formula is C11H17ClN2O3S. The van der Waals surface area contributed by atoms with Gasteiger partial charge >= 0.3 is 0 Å². The summed E-state index contributed by atoms with van der Waals surface area (Å²) in [4.78, 5) is 3.82. The summed E-state index contributed by atoms with van der Waals surface area (Å²) in [5.74, 6) is 0. The number of halogens is 1. The topological polar surface area (TPSA) is 68.3 Å². The molecule has 1 aromatic heterocycles. The van der Waals surface area contributed by atoms with Gasteiger partial charge in [0.25, 0.3) is 0 Å². The van der Waals surface area contributed by atoms with Gasteiger partial charge in [0.15, 0.2) is 0 Å². The lowest BCUT2D eigenvalue weighted by Gasteiger charge is -2.24. The minimum absolute atomic E-state index is 0.0826. The van der Waals surface area contributed by atoms with Crippen LogP contribution in [0.1, 0.15) is 20.8 Å². The van der Waals surface area contributed by atoms with Crippen molar-refractivity contribution in [2.75, 3.05) is 13.2 Å². The molecule has 0 aromatic carbocycles. The first-order valence-corrected chi connectivity index (χ1v) is 7.38. The molecule has 0 spiro atoms. The first kappa shape index (κ1) is 15.4. The van der Waals surface area contributed by atoms with E-state index in [0.717, 1.165) is 0 Å². The number of nitrogens with zero attached hydrogens (tertiary/aromatic N) is 1. The van der Waals surface area contributed by atoms with Crippen LogP contribution in [0.2, 0.25) is 5.15 Å². The number of rotatable bonds is 6. The van der Waals surface area contributed by atoms with Crippen LogP contribution in [0.15, 0.2) is 23.2 Å². The molecule has 1 aromatic rings. The normalized spacial score (nSPS) is 12.7. The summed E-state index contributed by atoms with van der Waals surface area (Å²) in [6, 6.07) is 2.84. The number of aromatic nitrogens is 1. The zero-order chi connectivity index (χ0) is 13.8. The lowest BCUT2D eigenvalue weighted by molar-refractivity contribution is -0.00515. The van der Waals surface area contributed by atoms with E-state index in [0.29, 0.717) is 6.61 Å². The summed E-state index contributed by atoms with van der Waals surface area (Å²) < 4.78 is 31.8. The highest BCUT2D eigenvalue weighted by Crippen LogP contribution is 2.13. The molecule has 5 nitrogen and oxygen atoms in total. The molecule has 18 heavy (non-hydrogen) atoms. The zero-order valence-electron chi connectivity index (χ0n) is 10.6. The monoisotopic (exact) mass is 292 g/mol. The number of hydrogen-bond acceptors (Lipinski definition) is 4. The Kier molecular flexibility index (Phi) is 5.10. The van der Waals surface area contributed by atoms with Crippen molar-refractivity contribution < 1.29 is 13.2 Å². The van der Waals surface area contributed by atoms with E-state index in [1.807, 2.05) is 20.8 Å². The van der Waals surface area contributed by atoms with Crippen LogP contribution >= 0.6 is 11.6 Å². The second-order valence-corrected chi connectivity index (χ2v) is 6.49. The SMILES string of the molecule is CCOC(C)(C)CNS(=O)(=O)c1ccc(Cl)nc1. The number of sulfonamides is 1. The first-order valence-electron chi connectivity index (χ1n) is 5.52. The predicted molar refractivity (Wildman–Crippen MR) is 70.1 cm³/mol. The van der Waals surface area contributed by atoms with Gasteiger partial charge in [0.1, 0.15) is 10.0 Å². The molecule has 1 N–H and O–H groups in total. The van der Waals surface area contributed by atoms with Crippen LogP contribution in [0, 0.1) is 0 Å². The van der Waals surface area contributed by atoms with Crippen LogP contribution in [-0.2, 0) is 14.8 Å². The van der Waals surface area contributed by atoms with Gasteiger partial charge < -0.3 is 4.74 Å². The van der Waals surface area contributed by atoms with Gasteiger partial charge in [-0.25, -0.2) is 18.1 Å². The fourth-order valence-corrected chi connectivity index (χ4v) is 2.57. The molecule has 0 aliphatic carbocycles. The fraction of sp³-hybridized carbons (Fsp3) is 0.545. The highest BCUT2D eigenvalue weighted by Gasteiger charge is 2.22. The Morgan fingerprint density at radius 1 is 1.44 bits per heavy atom. The van der Waals surface area contributed by atoms with Gasteiger partial charge in [-0.05, 0) is 32.9 Å². The van der Waals surface area contributed by atoms with E-state index in [1.165, 1.54) is 18.3 Å². The molecule has 0 radical (unpaired) electrons. The molecule has 1 heterocycles. The van der Waals surface area contributed by atoms with Crippen molar-refractivity contribution in [3.05, 3.63) is 23.5 Å². The van der Waals surface area contributed by atoms with E-state index in [9.17, 15) is 8.42 Å². The summed E-state index contributed by atoms with van der Waals surface area (Å²) in [5.41, 5.74) is -0.554. The number of ether oxygens (including phenoxy) is 1. The van der Waals surface area contributed by atoms with E-state index in [2.05, 4.69) is 9.71 Å². The lowest BCUT2D eigenvalue weighted by atomic mass is 10.1. The highest BCUT2D eigenvalue weighted by atomic mass is 35.5. The van der Waals surface area contributed by atoms with E-state index in [-0.39, 0.29) is 16.6 Å². The van der Waals surface area contributed by atoms with Crippen LogP contribution in [-0.4, -0.2) is 32.2 Å². The van der Waals surface area contributed by atoms with E-state index < -0.39 is 15.6 Å². The third kappa shape index (κ3) is 4.53. The number of hydrogen-bond donors (Lipinski definition) is 1. The minimum Gasteiger partial charge on any atom is -0.375 e. The Labute approximate surface area is 113 Å². The average Bonchev–Trinajstić information content (AvgIpc) is 2.27. The van der Waals surface area contributed by atoms with Crippen molar-refractivity contribution in [2.24, 2.45) is 0 Å². The van der Waals surface area contributed by atoms with Gasteiger partial charge in [0.2, 0.25) is 10.0 Å². The second kappa shape index (κ2) is 5.97. The first-order chi connectivity index (χ1) is 8.27. The lowest BCUT2D eigenvalue weighted by Crippen LogP contribution is -2.40. The van der Waals surface area contributed by atoms with Crippen LogP contribution in [0.25, 0.3) is 0 Å². The van der Waals surface area contributed by atoms with Crippen molar-refractivity contribution in [1.82, 2.24) is 9.71 Å². The summed E-state index contributed by atoms with van der Waals surface area (Å²) in [7, 11) is -3.58. The predicted octanol–water partition coefficient (Wildman–Crippen LogP) is 1.83. The fourth-order valence-electron chi connectivity index (χ4n) is 1.32. The highest BCUT2D eigenvalue weighted by molar-refractivity contribution is 7.89. The zero-order valence-corrected chi connectivity index (χ0v) is 12.2. The van der Waals surface area contributed by atoms with E-state index >= 15 is 0 Å². The molecule has 0 fully saturated rings. The summed E-state index contributed by atoms with van der Waals surface area (Å²) in [6.45, 7) is 6.21. The van der Waals surface area contributed by atoms with Crippen LogP contribution < -0.4 is 4.72 Å². The largest absolute Gasteiger partial charge is 0.375 e. The number of pyridine rings is 1. The van der Waals surface area contributed by atoms with E-state index in [4.69, 9.17) is 16.3 Å². The maximum atomic E-state index is 11.9. The molecular weight excluding hydrogens is 276 g/mol. The third-order valence-corrected chi connectivity index (χ3v) is 3.84. The van der Waals surface area contributed by atoms with Crippen molar-refractivity contribution in [3.63, 3.8) is 0 Å². The minimum atomic E-state index is -3.58. The Balaban J connectivity index is 2.74. The maximum absolute atomic E-state index is 11.9. The van der Waals surface area contributed by atoms with Gasteiger partial charge in [0, 0.05) is 19.3 Å². The van der Waals surface area contributed by atoms with Crippen LogP contribution in [0.5, 0.6) is 0 Å². The molecule has 0 aliphatic heterocycles. The molecule has 7 heteroatoms. The Morgan fingerprint density at radius 2 is 2.11 bits per heavy atom. The van der Waals surface area contributed by atoms with Crippen LogP contribution in [0.4, 0.5) is 0 Å². The molecule has 0 saturated heterocycles. The quantitative estimate of drug-likeness (QED) is 0.812. The van der Waals surface area contributed by atoms with Gasteiger partial charge in [-0.2, -0.15) is 0 Å². The van der Waals surface area contributed by atoms with E-state index in [1.54, 1.807) is 0 Å². The molecule has 0 amide bonds. The second-order valence-electron chi connectivity index (χ2n) is 4.33. The maximum Gasteiger partial charge on any atom is 0.242 e. The molecule has 1 rings (SSSR count). The summed E-state index contributed by atoms with van der Waals surface area (Å²) in [5, 5.41) is 0.253. The van der Waals surface area contributed by atoms with Crippen molar-refractivity contribution >= 4 is 21.6 Å². The van der Waals surface area contributed by atoms with Crippen molar-refractivity contribution in [3.8, 4) is 0 Å². The third-order valence-electron chi connectivity index (χ3n) is 2.23. The Bertz CT molecular complexity index is 486. The van der Waals surface area contributed by atoms with Crippen molar-refractivity contribution in [1.29, 1.82) is 0 Å². The molecule has 0 saturated carbocycles. The Hall–Kier alpha value is -0.690. The number of nitrogens with one attached hydrogen (secondary N) is 1. The van der Waals surface area contributed by atoms with Gasteiger partial charge in [-0.3, -0.25) is 0 Å². The Morgan fingerprint density at radius 3 is 2.61 bits per heavy atom. The average molecular weight is 293 g/mol. The molecule has 102 valence electrons. The van der Waals surface area contributed by atoms with Gasteiger partial charge in [-0.15, -0.1) is 0 Å². The van der Waals surface area contributed by atoms with Crippen molar-refractivity contribution in [2.45, 2.75) is 31.3 Å². The molecule has 0 unspecified atom stereocenters. The summed E-state index contributed by atoms with van der Waals surface area (Å²) >= 11 is 5.61. The smallest absolute Gasteiger partial charge is 0.242 e. The molecule has 0 aliphatic rings. The van der Waals surface area contributed by atoms with Gasteiger partial charge in [0.05, 0.1) is 5.60 Å². The molecule has 0 bridgehead atoms.